The van der Waals surface area contributed by atoms with Crippen molar-refractivity contribution in [2.75, 3.05) is 26.2 Å². The van der Waals surface area contributed by atoms with Crippen LogP contribution in [0.25, 0.3) is 0 Å². The Bertz CT molecular complexity index is 531. The maximum atomic E-state index is 11.9. The van der Waals surface area contributed by atoms with E-state index in [0.717, 1.165) is 4.88 Å². The highest BCUT2D eigenvalue weighted by molar-refractivity contribution is 7.09. The van der Waals surface area contributed by atoms with Crippen LogP contribution in [0.4, 0.5) is 4.79 Å². The van der Waals surface area contributed by atoms with Gasteiger partial charge in [-0.1, -0.05) is 26.8 Å². The first-order chi connectivity index (χ1) is 11.4. The van der Waals surface area contributed by atoms with Gasteiger partial charge in [-0.3, -0.25) is 19.8 Å². The van der Waals surface area contributed by atoms with Crippen LogP contribution in [0.1, 0.15) is 25.6 Å². The molecular weight excluding hydrogens is 328 g/mol. The summed E-state index contributed by atoms with van der Waals surface area (Å²) in [6.07, 6.45) is 0. The van der Waals surface area contributed by atoms with Crippen LogP contribution in [-0.4, -0.2) is 48.9 Å². The Kier molecular flexibility index (Phi) is 9.03. The van der Waals surface area contributed by atoms with E-state index in [4.69, 9.17) is 0 Å². The summed E-state index contributed by atoms with van der Waals surface area (Å²) in [7, 11) is 0. The largest absolute Gasteiger partial charge is 0.350 e. The average molecular weight is 354 g/mol. The van der Waals surface area contributed by atoms with Gasteiger partial charge in [0.1, 0.15) is 0 Å². The molecule has 24 heavy (non-hydrogen) atoms. The van der Waals surface area contributed by atoms with Gasteiger partial charge >= 0.3 is 6.03 Å². The summed E-state index contributed by atoms with van der Waals surface area (Å²) in [5, 5.41) is 9.65. The van der Waals surface area contributed by atoms with E-state index >= 15 is 0 Å². The van der Waals surface area contributed by atoms with Gasteiger partial charge in [-0.2, -0.15) is 0 Å². The number of amides is 4. The maximum Gasteiger partial charge on any atom is 0.321 e. The highest BCUT2D eigenvalue weighted by Gasteiger charge is 2.15. The predicted octanol–water partition coefficient (Wildman–Crippen LogP) is 1.17. The number of hydrogen-bond acceptors (Lipinski definition) is 5. The second-order valence-electron chi connectivity index (χ2n) is 5.81. The topological polar surface area (TPSA) is 90.5 Å². The molecule has 8 heteroatoms. The molecule has 0 saturated heterocycles. The standard InChI is InChI=1S/C16H26N4O3S/c1-4-20(10-14(21)17-9-13-6-5-7-24-13)11-15(22)19-16(23)18-8-12(2)3/h5-7,12H,4,8-11H2,1-3H3,(H,17,21)(H2,18,19,22,23). The number of carbonyl (C=O) groups is 3. The average Bonchev–Trinajstić information content (AvgIpc) is 3.03. The van der Waals surface area contributed by atoms with E-state index in [-0.39, 0.29) is 19.0 Å². The molecule has 3 N–H and O–H groups in total. The van der Waals surface area contributed by atoms with E-state index in [0.29, 0.717) is 25.6 Å². The number of likely N-dealkylation sites (N-methyl/N-ethyl adjacent to an activating group) is 1. The Balaban J connectivity index is 2.30. The van der Waals surface area contributed by atoms with Crippen molar-refractivity contribution >= 4 is 29.2 Å². The van der Waals surface area contributed by atoms with Crippen molar-refractivity contribution < 1.29 is 14.4 Å². The molecule has 0 unspecified atom stereocenters. The van der Waals surface area contributed by atoms with Crippen molar-refractivity contribution in [2.24, 2.45) is 5.92 Å². The van der Waals surface area contributed by atoms with E-state index in [2.05, 4.69) is 16.0 Å². The predicted molar refractivity (Wildman–Crippen MR) is 94.7 cm³/mol. The molecule has 1 rings (SSSR count). The van der Waals surface area contributed by atoms with Gasteiger partial charge in [-0.15, -0.1) is 11.3 Å². The summed E-state index contributed by atoms with van der Waals surface area (Å²) in [5.74, 6) is -0.267. The molecule has 1 heterocycles. The minimum absolute atomic E-state index is 0.00196. The zero-order valence-corrected chi connectivity index (χ0v) is 15.2. The number of nitrogens with zero attached hydrogens (tertiary/aromatic N) is 1. The molecule has 0 fully saturated rings. The SMILES string of the molecule is CCN(CC(=O)NCc1cccs1)CC(=O)NC(=O)NCC(C)C. The Morgan fingerprint density at radius 3 is 2.46 bits per heavy atom. The number of hydrogen-bond donors (Lipinski definition) is 3. The summed E-state index contributed by atoms with van der Waals surface area (Å²) < 4.78 is 0. The van der Waals surface area contributed by atoms with Crippen LogP contribution in [0.2, 0.25) is 0 Å². The van der Waals surface area contributed by atoms with Gasteiger partial charge in [0.2, 0.25) is 11.8 Å². The first-order valence-electron chi connectivity index (χ1n) is 7.99. The van der Waals surface area contributed by atoms with Crippen molar-refractivity contribution in [1.29, 1.82) is 0 Å². The van der Waals surface area contributed by atoms with Crippen LogP contribution in [-0.2, 0) is 16.1 Å². The van der Waals surface area contributed by atoms with Gasteiger partial charge in [0.05, 0.1) is 19.6 Å². The quantitative estimate of drug-likeness (QED) is 0.621. The van der Waals surface area contributed by atoms with Gasteiger partial charge in [0.25, 0.3) is 0 Å². The van der Waals surface area contributed by atoms with Crippen LogP contribution in [0, 0.1) is 5.92 Å². The molecule has 0 bridgehead atoms. The molecule has 0 aromatic carbocycles. The third kappa shape index (κ3) is 8.64. The number of nitrogens with one attached hydrogen (secondary N) is 3. The first-order valence-corrected chi connectivity index (χ1v) is 8.87. The van der Waals surface area contributed by atoms with E-state index in [1.54, 1.807) is 16.2 Å². The van der Waals surface area contributed by atoms with Gasteiger partial charge in [0.15, 0.2) is 0 Å². The summed E-state index contributed by atoms with van der Waals surface area (Å²) in [5.41, 5.74) is 0. The van der Waals surface area contributed by atoms with Gasteiger partial charge < -0.3 is 10.6 Å². The fourth-order valence-corrected chi connectivity index (χ4v) is 2.49. The molecule has 0 spiro atoms. The highest BCUT2D eigenvalue weighted by atomic mass is 32.1. The van der Waals surface area contributed by atoms with Crippen LogP contribution < -0.4 is 16.0 Å². The molecule has 4 amide bonds. The lowest BCUT2D eigenvalue weighted by Crippen LogP contribution is -2.47. The fourth-order valence-electron chi connectivity index (χ4n) is 1.85. The molecule has 0 aliphatic heterocycles. The maximum absolute atomic E-state index is 11.9. The van der Waals surface area contributed by atoms with E-state index < -0.39 is 11.9 Å². The molecule has 0 saturated carbocycles. The lowest BCUT2D eigenvalue weighted by Gasteiger charge is -2.19. The minimum atomic E-state index is -0.508. The van der Waals surface area contributed by atoms with E-state index in [1.165, 1.54) is 0 Å². The molecule has 7 nitrogen and oxygen atoms in total. The van der Waals surface area contributed by atoms with Crippen molar-refractivity contribution in [3.8, 4) is 0 Å². The smallest absolute Gasteiger partial charge is 0.321 e. The molecule has 0 aliphatic rings. The monoisotopic (exact) mass is 354 g/mol. The lowest BCUT2D eigenvalue weighted by atomic mass is 10.2. The number of imide groups is 1. The van der Waals surface area contributed by atoms with Gasteiger partial charge in [0, 0.05) is 11.4 Å². The molecule has 0 atom stereocenters. The number of carbonyl (C=O) groups excluding carboxylic acids is 3. The minimum Gasteiger partial charge on any atom is -0.350 e. The van der Waals surface area contributed by atoms with Crippen LogP contribution in [0.3, 0.4) is 0 Å². The van der Waals surface area contributed by atoms with Crippen LogP contribution >= 0.6 is 11.3 Å². The first kappa shape index (κ1) is 20.1. The van der Waals surface area contributed by atoms with Crippen LogP contribution in [0.15, 0.2) is 17.5 Å². The van der Waals surface area contributed by atoms with Crippen LogP contribution in [0.5, 0.6) is 0 Å². The molecule has 0 radical (unpaired) electrons. The Labute approximate surface area is 146 Å². The number of thiophene rings is 1. The Morgan fingerprint density at radius 2 is 1.88 bits per heavy atom. The zero-order chi connectivity index (χ0) is 17.9. The lowest BCUT2D eigenvalue weighted by molar-refractivity contribution is -0.124. The molecular formula is C16H26N4O3S. The number of rotatable bonds is 9. The molecule has 0 aliphatic carbocycles. The van der Waals surface area contributed by atoms with E-state index in [9.17, 15) is 14.4 Å². The van der Waals surface area contributed by atoms with Crippen molar-refractivity contribution in [2.45, 2.75) is 27.3 Å². The molecule has 1 aromatic rings. The Hall–Kier alpha value is -1.93. The third-order valence-electron chi connectivity index (χ3n) is 3.15. The summed E-state index contributed by atoms with van der Waals surface area (Å²) in [6.45, 7) is 7.43. The summed E-state index contributed by atoms with van der Waals surface area (Å²) in [6, 6.07) is 3.37. The second kappa shape index (κ2) is 10.8. The molecule has 1 aromatic heterocycles. The van der Waals surface area contributed by atoms with E-state index in [1.807, 2.05) is 38.3 Å². The van der Waals surface area contributed by atoms with Gasteiger partial charge in [-0.05, 0) is 23.9 Å². The van der Waals surface area contributed by atoms with Crippen molar-refractivity contribution in [1.82, 2.24) is 20.9 Å². The fraction of sp³-hybridized carbons (Fsp3) is 0.562. The molecule has 134 valence electrons. The second-order valence-corrected chi connectivity index (χ2v) is 6.84. The summed E-state index contributed by atoms with van der Waals surface area (Å²) in [4.78, 5) is 38.1. The van der Waals surface area contributed by atoms with Crippen molar-refractivity contribution in [3.05, 3.63) is 22.4 Å². The third-order valence-corrected chi connectivity index (χ3v) is 4.02. The highest BCUT2D eigenvalue weighted by Crippen LogP contribution is 2.07. The number of urea groups is 1. The van der Waals surface area contributed by atoms with Gasteiger partial charge in [-0.25, -0.2) is 4.79 Å². The van der Waals surface area contributed by atoms with Crippen molar-refractivity contribution in [3.63, 3.8) is 0 Å². The zero-order valence-electron chi connectivity index (χ0n) is 14.4. The Morgan fingerprint density at radius 1 is 1.17 bits per heavy atom. The summed E-state index contributed by atoms with van der Waals surface area (Å²) >= 11 is 1.58. The normalized spacial score (nSPS) is 10.7.